The molecule has 1 aromatic heterocycles. The number of likely N-dealkylation sites (tertiary alicyclic amines) is 1. The Morgan fingerprint density at radius 3 is 2.64 bits per heavy atom. The molecular formula is C26H28Cl2FN5O2. The van der Waals surface area contributed by atoms with Gasteiger partial charge in [0, 0.05) is 30.1 Å². The first-order chi connectivity index (χ1) is 17.5. The lowest BCUT2D eigenvalue weighted by Gasteiger charge is -2.31. The van der Waals surface area contributed by atoms with Crippen LogP contribution in [0.5, 0.6) is 11.5 Å². The molecule has 190 valence electrons. The summed E-state index contributed by atoms with van der Waals surface area (Å²) in [5, 5.41) is 7.42. The number of ether oxygens (including phenoxy) is 2. The maximum absolute atomic E-state index is 14.7. The Kier molecular flexibility index (Phi) is 6.77. The number of rotatable bonds is 8. The van der Waals surface area contributed by atoms with Gasteiger partial charge in [-0.05, 0) is 63.4 Å². The fraction of sp³-hybridized carbons (Fsp3) is 0.462. The first kappa shape index (κ1) is 24.0. The van der Waals surface area contributed by atoms with Crippen LogP contribution in [-0.2, 0) is 0 Å². The molecule has 7 nitrogen and oxygen atoms in total. The highest BCUT2D eigenvalue weighted by Crippen LogP contribution is 2.39. The van der Waals surface area contributed by atoms with Gasteiger partial charge in [-0.15, -0.1) is 0 Å². The van der Waals surface area contributed by atoms with Gasteiger partial charge in [-0.2, -0.15) is 0 Å². The van der Waals surface area contributed by atoms with Crippen LogP contribution in [0.1, 0.15) is 32.1 Å². The van der Waals surface area contributed by atoms with Crippen molar-refractivity contribution in [3.63, 3.8) is 0 Å². The fourth-order valence-corrected chi connectivity index (χ4v) is 5.60. The minimum Gasteiger partial charge on any atom is -0.488 e. The molecule has 2 bridgehead atoms. The quantitative estimate of drug-likeness (QED) is 0.368. The Hall–Kier alpha value is -2.39. The van der Waals surface area contributed by atoms with Crippen molar-refractivity contribution in [2.45, 2.75) is 50.3 Å². The van der Waals surface area contributed by atoms with E-state index in [1.54, 1.807) is 6.07 Å². The summed E-state index contributed by atoms with van der Waals surface area (Å²) >= 11 is 12.0. The number of nitrogens with zero attached hydrogens (tertiary/aromatic N) is 3. The molecule has 3 aliphatic rings. The van der Waals surface area contributed by atoms with Crippen molar-refractivity contribution in [2.24, 2.45) is 0 Å². The summed E-state index contributed by atoms with van der Waals surface area (Å²) in [6.45, 7) is 3.69. The standard InChI is InChI=1S/C26H28Cl2FN5O2/c27-19-4-5-20(25(29)24(19)28)33-26-18-12-23(36-17-10-15-2-3-16(11-17)32-15)22(13-21(18)30-14-31-26)35-9-8-34-6-1-7-34/h4-5,12-17,32H,1-3,6-11H2,(H,30,31,33)/t15-,16+,17?. The molecule has 0 saturated carbocycles. The highest BCUT2D eigenvalue weighted by Gasteiger charge is 2.35. The lowest BCUT2D eigenvalue weighted by Crippen LogP contribution is -2.42. The molecule has 3 aliphatic heterocycles. The second-order valence-corrected chi connectivity index (χ2v) is 10.6. The van der Waals surface area contributed by atoms with Gasteiger partial charge in [0.1, 0.15) is 24.9 Å². The normalized spacial score (nSPS) is 23.5. The number of nitrogens with one attached hydrogen (secondary N) is 2. The molecule has 3 fully saturated rings. The molecule has 3 aromatic rings. The van der Waals surface area contributed by atoms with Gasteiger partial charge in [-0.3, -0.25) is 4.90 Å². The van der Waals surface area contributed by atoms with Crippen molar-refractivity contribution >= 4 is 45.6 Å². The zero-order chi connectivity index (χ0) is 24.6. The van der Waals surface area contributed by atoms with Gasteiger partial charge < -0.3 is 20.1 Å². The van der Waals surface area contributed by atoms with E-state index in [-0.39, 0.29) is 21.8 Å². The molecule has 0 spiro atoms. The van der Waals surface area contributed by atoms with Gasteiger partial charge >= 0.3 is 0 Å². The zero-order valence-electron chi connectivity index (χ0n) is 19.8. The minimum absolute atomic E-state index is 0.104. The second kappa shape index (κ2) is 10.2. The van der Waals surface area contributed by atoms with Crippen LogP contribution in [0.3, 0.4) is 0 Å². The lowest BCUT2D eigenvalue weighted by atomic mass is 10.0. The maximum Gasteiger partial charge on any atom is 0.166 e. The molecule has 36 heavy (non-hydrogen) atoms. The van der Waals surface area contributed by atoms with Crippen molar-refractivity contribution in [3.05, 3.63) is 46.5 Å². The van der Waals surface area contributed by atoms with E-state index < -0.39 is 5.82 Å². The third-order valence-corrected chi connectivity index (χ3v) is 8.11. The topological polar surface area (TPSA) is 71.5 Å². The van der Waals surface area contributed by atoms with Crippen LogP contribution in [0, 0.1) is 5.82 Å². The number of fused-ring (bicyclic) bond motifs is 3. The summed E-state index contributed by atoms with van der Waals surface area (Å²) in [6.07, 6.45) is 7.10. The summed E-state index contributed by atoms with van der Waals surface area (Å²) in [5.74, 6) is 1.13. The number of aromatic nitrogens is 2. The van der Waals surface area contributed by atoms with E-state index in [0.29, 0.717) is 46.9 Å². The molecule has 0 aliphatic carbocycles. The number of benzene rings is 2. The van der Waals surface area contributed by atoms with Gasteiger partial charge in [-0.25, -0.2) is 14.4 Å². The van der Waals surface area contributed by atoms with Crippen LogP contribution in [0.4, 0.5) is 15.9 Å². The molecule has 10 heteroatoms. The van der Waals surface area contributed by atoms with E-state index in [1.807, 2.05) is 12.1 Å². The van der Waals surface area contributed by atoms with E-state index in [4.69, 9.17) is 32.7 Å². The molecule has 3 atom stereocenters. The molecular weight excluding hydrogens is 504 g/mol. The summed E-state index contributed by atoms with van der Waals surface area (Å²) < 4.78 is 27.5. The second-order valence-electron chi connectivity index (χ2n) is 9.78. The predicted molar refractivity (Wildman–Crippen MR) is 139 cm³/mol. The first-order valence-corrected chi connectivity index (χ1v) is 13.3. The highest BCUT2D eigenvalue weighted by molar-refractivity contribution is 6.42. The van der Waals surface area contributed by atoms with Crippen LogP contribution in [-0.4, -0.2) is 59.3 Å². The number of halogens is 3. The number of anilines is 2. The Morgan fingerprint density at radius 1 is 1.08 bits per heavy atom. The van der Waals surface area contributed by atoms with Crippen molar-refractivity contribution < 1.29 is 13.9 Å². The van der Waals surface area contributed by atoms with Gasteiger partial charge in [0.25, 0.3) is 0 Å². The SMILES string of the molecule is Fc1c(Nc2ncnc3cc(OCCN4CCC4)c(OC4C[C@H]5CC[C@@H](C4)N5)cc23)ccc(Cl)c1Cl. The third-order valence-electron chi connectivity index (χ3n) is 7.33. The van der Waals surface area contributed by atoms with Gasteiger partial charge in [0.15, 0.2) is 17.3 Å². The highest BCUT2D eigenvalue weighted by atomic mass is 35.5. The molecule has 0 radical (unpaired) electrons. The largest absolute Gasteiger partial charge is 0.488 e. The number of hydrogen-bond donors (Lipinski definition) is 2. The molecule has 2 N–H and O–H groups in total. The van der Waals surface area contributed by atoms with Crippen molar-refractivity contribution in [1.82, 2.24) is 20.2 Å². The monoisotopic (exact) mass is 531 g/mol. The molecule has 3 saturated heterocycles. The molecule has 1 unspecified atom stereocenters. The molecule has 4 heterocycles. The first-order valence-electron chi connectivity index (χ1n) is 12.5. The van der Waals surface area contributed by atoms with Gasteiger partial charge in [0.05, 0.1) is 21.2 Å². The Balaban J connectivity index is 1.31. The van der Waals surface area contributed by atoms with Crippen molar-refractivity contribution in [2.75, 3.05) is 31.6 Å². The molecule has 6 rings (SSSR count). The maximum atomic E-state index is 14.7. The van der Waals surface area contributed by atoms with E-state index in [2.05, 4.69) is 25.5 Å². The van der Waals surface area contributed by atoms with E-state index in [9.17, 15) is 4.39 Å². The Labute approximate surface area is 219 Å². The zero-order valence-corrected chi connectivity index (χ0v) is 21.3. The summed E-state index contributed by atoms with van der Waals surface area (Å²) in [6, 6.07) is 7.87. The van der Waals surface area contributed by atoms with E-state index >= 15 is 0 Å². The van der Waals surface area contributed by atoms with E-state index in [1.165, 1.54) is 31.7 Å². The van der Waals surface area contributed by atoms with E-state index in [0.717, 1.165) is 32.5 Å². The fourth-order valence-electron chi connectivity index (χ4n) is 5.29. The van der Waals surface area contributed by atoms with Crippen molar-refractivity contribution in [1.29, 1.82) is 0 Å². The average molecular weight is 532 g/mol. The predicted octanol–water partition coefficient (Wildman–Crippen LogP) is 5.57. The molecule has 2 aromatic carbocycles. The number of hydrogen-bond acceptors (Lipinski definition) is 7. The van der Waals surface area contributed by atoms with Crippen molar-refractivity contribution in [3.8, 4) is 11.5 Å². The minimum atomic E-state index is -0.636. The van der Waals surface area contributed by atoms with Gasteiger partial charge in [0.2, 0.25) is 0 Å². The average Bonchev–Trinajstić information content (AvgIpc) is 3.19. The number of piperidine rings is 1. The van der Waals surface area contributed by atoms with Crippen LogP contribution < -0.4 is 20.1 Å². The van der Waals surface area contributed by atoms with Crippen LogP contribution in [0.15, 0.2) is 30.6 Å². The van der Waals surface area contributed by atoms with Crippen LogP contribution >= 0.6 is 23.2 Å². The smallest absolute Gasteiger partial charge is 0.166 e. The third kappa shape index (κ3) is 4.92. The lowest BCUT2D eigenvalue weighted by molar-refractivity contribution is 0.123. The van der Waals surface area contributed by atoms with Crippen LogP contribution in [0.25, 0.3) is 10.9 Å². The molecule has 0 amide bonds. The van der Waals surface area contributed by atoms with Gasteiger partial charge in [-0.1, -0.05) is 23.2 Å². The Morgan fingerprint density at radius 2 is 1.89 bits per heavy atom. The summed E-state index contributed by atoms with van der Waals surface area (Å²) in [7, 11) is 0. The summed E-state index contributed by atoms with van der Waals surface area (Å²) in [4.78, 5) is 11.2. The summed E-state index contributed by atoms with van der Waals surface area (Å²) in [5.41, 5.74) is 0.848. The Bertz CT molecular complexity index is 1260. The van der Waals surface area contributed by atoms with Crippen LogP contribution in [0.2, 0.25) is 10.0 Å².